The third-order valence-corrected chi connectivity index (χ3v) is 6.45. The molecule has 3 aromatic rings. The minimum Gasteiger partial charge on any atom is -0.338 e. The Labute approximate surface area is 172 Å². The average Bonchev–Trinajstić information content (AvgIpc) is 3.24. The van der Waals surface area contributed by atoms with Crippen molar-refractivity contribution in [2.45, 2.75) is 46.6 Å². The molecule has 0 unspecified atom stereocenters. The highest BCUT2D eigenvalue weighted by molar-refractivity contribution is 5.81. The Morgan fingerprint density at radius 2 is 1.83 bits per heavy atom. The Morgan fingerprint density at radius 1 is 1.14 bits per heavy atom. The normalized spacial score (nSPS) is 16.8. The Kier molecular flexibility index (Phi) is 5.03. The lowest BCUT2D eigenvalue weighted by atomic mass is 9.94. The van der Waals surface area contributed by atoms with E-state index in [4.69, 9.17) is 4.98 Å². The number of aromatic nitrogens is 2. The van der Waals surface area contributed by atoms with Gasteiger partial charge in [0.05, 0.1) is 11.0 Å². The van der Waals surface area contributed by atoms with Crippen LogP contribution in [-0.4, -0.2) is 33.4 Å². The first-order chi connectivity index (χ1) is 13.9. The second-order valence-corrected chi connectivity index (χ2v) is 8.27. The molecule has 1 aromatic heterocycles. The average molecular weight is 388 g/mol. The van der Waals surface area contributed by atoms with Crippen LogP contribution in [0.5, 0.6) is 0 Å². The molecule has 0 N–H and O–H groups in total. The summed E-state index contributed by atoms with van der Waals surface area (Å²) in [5.74, 6) is 1.32. The molecule has 1 amide bonds. The van der Waals surface area contributed by atoms with E-state index in [9.17, 15) is 4.79 Å². The highest BCUT2D eigenvalue weighted by atomic mass is 16.2. The van der Waals surface area contributed by atoms with E-state index in [-0.39, 0.29) is 11.8 Å². The number of hydrogen-bond donors (Lipinski definition) is 0. The zero-order chi connectivity index (χ0) is 20.7. The minimum atomic E-state index is 0.112. The lowest BCUT2D eigenvalue weighted by molar-refractivity contribution is -0.127. The van der Waals surface area contributed by atoms with E-state index in [0.717, 1.165) is 23.4 Å². The largest absolute Gasteiger partial charge is 0.338 e. The predicted molar refractivity (Wildman–Crippen MR) is 118 cm³/mol. The van der Waals surface area contributed by atoms with Gasteiger partial charge >= 0.3 is 0 Å². The molecule has 0 bridgehead atoms. The van der Waals surface area contributed by atoms with Crippen molar-refractivity contribution < 1.29 is 4.79 Å². The molecule has 1 aliphatic heterocycles. The van der Waals surface area contributed by atoms with Crippen LogP contribution in [0.15, 0.2) is 43.0 Å². The Bertz CT molecular complexity index is 1080. The molecule has 2 heterocycles. The number of likely N-dealkylation sites (tertiary alicyclic amines) is 1. The molecular formula is C25H29N3O. The topological polar surface area (TPSA) is 38.1 Å². The molecule has 4 nitrogen and oxygen atoms in total. The number of rotatable bonds is 5. The fourth-order valence-electron chi connectivity index (χ4n) is 4.54. The predicted octanol–water partition coefficient (Wildman–Crippen LogP) is 4.82. The van der Waals surface area contributed by atoms with Gasteiger partial charge in [-0.25, -0.2) is 4.98 Å². The molecule has 0 aliphatic carbocycles. The second kappa shape index (κ2) is 7.51. The summed E-state index contributed by atoms with van der Waals surface area (Å²) in [6.45, 7) is 14.7. The number of para-hydroxylation sites is 2. The van der Waals surface area contributed by atoms with Crippen molar-refractivity contribution in [3.8, 4) is 0 Å². The molecule has 150 valence electrons. The van der Waals surface area contributed by atoms with Crippen LogP contribution < -0.4 is 0 Å². The first-order valence-electron chi connectivity index (χ1n) is 10.3. The van der Waals surface area contributed by atoms with E-state index < -0.39 is 0 Å². The summed E-state index contributed by atoms with van der Waals surface area (Å²) >= 11 is 0. The number of fused-ring (bicyclic) bond motifs is 1. The van der Waals surface area contributed by atoms with Crippen LogP contribution in [-0.2, 0) is 11.3 Å². The first-order valence-corrected chi connectivity index (χ1v) is 10.3. The van der Waals surface area contributed by atoms with Crippen LogP contribution in [0.1, 0.15) is 46.0 Å². The zero-order valence-corrected chi connectivity index (χ0v) is 17.8. The third-order valence-electron chi connectivity index (χ3n) is 6.45. The number of carbonyl (C=O) groups excluding carboxylic acids is 1. The van der Waals surface area contributed by atoms with Crippen LogP contribution in [0, 0.1) is 27.7 Å². The van der Waals surface area contributed by atoms with Crippen molar-refractivity contribution in [3.05, 3.63) is 76.6 Å². The number of benzene rings is 2. The van der Waals surface area contributed by atoms with Gasteiger partial charge in [0, 0.05) is 32.0 Å². The van der Waals surface area contributed by atoms with E-state index in [2.05, 4.69) is 63.1 Å². The van der Waals surface area contributed by atoms with Crippen molar-refractivity contribution in [1.29, 1.82) is 0 Å². The second-order valence-electron chi connectivity index (χ2n) is 8.27. The Hall–Kier alpha value is -2.88. The van der Waals surface area contributed by atoms with Gasteiger partial charge in [-0.3, -0.25) is 4.79 Å². The fourth-order valence-corrected chi connectivity index (χ4v) is 4.54. The van der Waals surface area contributed by atoms with Crippen LogP contribution in [0.2, 0.25) is 0 Å². The molecule has 0 radical (unpaired) electrons. The summed E-state index contributed by atoms with van der Waals surface area (Å²) in [4.78, 5) is 19.3. The van der Waals surface area contributed by atoms with Gasteiger partial charge in [0.2, 0.25) is 5.91 Å². The summed E-state index contributed by atoms with van der Waals surface area (Å²) in [6, 6.07) is 10.6. The van der Waals surface area contributed by atoms with E-state index in [0.29, 0.717) is 19.5 Å². The van der Waals surface area contributed by atoms with Gasteiger partial charge < -0.3 is 9.47 Å². The van der Waals surface area contributed by atoms with E-state index in [1.165, 1.54) is 27.8 Å². The molecule has 2 aromatic carbocycles. The highest BCUT2D eigenvalue weighted by Gasteiger charge is 2.33. The number of amides is 1. The molecule has 1 fully saturated rings. The lowest BCUT2D eigenvalue weighted by Gasteiger charge is -2.19. The maximum atomic E-state index is 12.5. The van der Waals surface area contributed by atoms with Gasteiger partial charge in [0.25, 0.3) is 0 Å². The summed E-state index contributed by atoms with van der Waals surface area (Å²) in [5.41, 5.74) is 8.82. The monoisotopic (exact) mass is 387 g/mol. The number of carbonyl (C=O) groups is 1. The van der Waals surface area contributed by atoms with Crippen molar-refractivity contribution in [2.75, 3.05) is 13.1 Å². The molecule has 29 heavy (non-hydrogen) atoms. The van der Waals surface area contributed by atoms with E-state index in [1.807, 2.05) is 11.0 Å². The maximum absolute atomic E-state index is 12.5. The Balaban J connectivity index is 1.82. The highest BCUT2D eigenvalue weighted by Crippen LogP contribution is 2.32. The standard InChI is InChI=1S/C25H29N3O/c1-6-11-27-14-20(13-24(27)29)25-26-22-9-7-8-10-23(22)28(25)15-21-18(4)16(2)12-17(3)19(21)5/h6-10,12,20H,1,11,13-15H2,2-5H3/t20-/m0/s1. The van der Waals surface area contributed by atoms with Gasteiger partial charge in [0.15, 0.2) is 0 Å². The van der Waals surface area contributed by atoms with Gasteiger partial charge in [-0.2, -0.15) is 0 Å². The maximum Gasteiger partial charge on any atom is 0.223 e. The number of nitrogens with zero attached hydrogens (tertiary/aromatic N) is 3. The van der Waals surface area contributed by atoms with Gasteiger partial charge in [-0.15, -0.1) is 6.58 Å². The Morgan fingerprint density at radius 3 is 2.52 bits per heavy atom. The molecule has 1 aliphatic rings. The number of aryl methyl sites for hydroxylation is 2. The van der Waals surface area contributed by atoms with E-state index in [1.54, 1.807) is 6.08 Å². The van der Waals surface area contributed by atoms with Crippen LogP contribution in [0.3, 0.4) is 0 Å². The summed E-state index contributed by atoms with van der Waals surface area (Å²) in [6.07, 6.45) is 2.31. The SMILES string of the molecule is C=CCN1C[C@@H](c2nc3ccccc3n2Cc2c(C)c(C)cc(C)c2C)CC1=O. The first kappa shape index (κ1) is 19.4. The van der Waals surface area contributed by atoms with Crippen LogP contribution in [0.25, 0.3) is 11.0 Å². The van der Waals surface area contributed by atoms with Gasteiger partial charge in [-0.05, 0) is 67.6 Å². The smallest absolute Gasteiger partial charge is 0.223 e. The van der Waals surface area contributed by atoms with Gasteiger partial charge in [-0.1, -0.05) is 24.3 Å². The number of imidazole rings is 1. The zero-order valence-electron chi connectivity index (χ0n) is 17.8. The molecular weight excluding hydrogens is 358 g/mol. The summed E-state index contributed by atoms with van der Waals surface area (Å²) in [7, 11) is 0. The summed E-state index contributed by atoms with van der Waals surface area (Å²) < 4.78 is 2.33. The van der Waals surface area contributed by atoms with Crippen molar-refractivity contribution >= 4 is 16.9 Å². The van der Waals surface area contributed by atoms with Crippen LogP contribution in [0.4, 0.5) is 0 Å². The molecule has 0 saturated carbocycles. The van der Waals surface area contributed by atoms with Crippen molar-refractivity contribution in [2.24, 2.45) is 0 Å². The fraction of sp³-hybridized carbons (Fsp3) is 0.360. The third kappa shape index (κ3) is 3.37. The van der Waals surface area contributed by atoms with Crippen molar-refractivity contribution in [3.63, 3.8) is 0 Å². The number of hydrogen-bond acceptors (Lipinski definition) is 2. The van der Waals surface area contributed by atoms with Crippen LogP contribution >= 0.6 is 0 Å². The summed E-state index contributed by atoms with van der Waals surface area (Å²) in [5, 5.41) is 0. The molecule has 1 saturated heterocycles. The molecule has 0 spiro atoms. The van der Waals surface area contributed by atoms with Crippen molar-refractivity contribution in [1.82, 2.24) is 14.5 Å². The van der Waals surface area contributed by atoms with E-state index >= 15 is 0 Å². The minimum absolute atomic E-state index is 0.112. The molecule has 1 atom stereocenters. The molecule has 4 heteroatoms. The quantitative estimate of drug-likeness (QED) is 0.589. The lowest BCUT2D eigenvalue weighted by Crippen LogP contribution is -2.25. The molecule has 4 rings (SSSR count). The van der Waals surface area contributed by atoms with Gasteiger partial charge in [0.1, 0.15) is 5.82 Å².